The maximum absolute atomic E-state index is 7.83. The molecule has 0 heterocycles. The van der Waals surface area contributed by atoms with Gasteiger partial charge in [0.05, 0.1) is 6.07 Å². The molecule has 0 aliphatic rings. The van der Waals surface area contributed by atoms with Gasteiger partial charge in [0.1, 0.15) is 0 Å². The van der Waals surface area contributed by atoms with Crippen LogP contribution >= 0.6 is 11.6 Å². The van der Waals surface area contributed by atoms with E-state index in [1.807, 2.05) is 0 Å². The van der Waals surface area contributed by atoms with E-state index in [0.29, 0.717) is 0 Å². The van der Waals surface area contributed by atoms with Gasteiger partial charge >= 0.3 is 0 Å². The highest BCUT2D eigenvalue weighted by atomic mass is 35.5. The third kappa shape index (κ3) is 3.78. The number of nitrogens with zero attached hydrogens (tertiary/aromatic N) is 1. The monoisotopic (exact) mass is 91.0 g/mol. The number of halogens is 1. The maximum atomic E-state index is 7.83. The Hall–Kier alpha value is -0.220. The summed E-state index contributed by atoms with van der Waals surface area (Å²) in [6, 6.07) is 1.60. The van der Waals surface area contributed by atoms with Crippen molar-refractivity contribution in [2.24, 2.45) is 0 Å². The molecule has 0 aromatic carbocycles. The summed E-state index contributed by atoms with van der Waals surface area (Å²) in [7, 11) is 0. The average Bonchev–Trinajstić information content (AvgIpc) is 1.30. The molecular weight excluding hydrogens is 85.5 g/mol. The van der Waals surface area contributed by atoms with Crippen molar-refractivity contribution in [1.82, 2.24) is 0 Å². The van der Waals surface area contributed by atoms with Crippen LogP contribution in [0.25, 0.3) is 0 Å². The van der Waals surface area contributed by atoms with Gasteiger partial charge in [0.15, 0.2) is 0 Å². The molecule has 0 bridgehead atoms. The van der Waals surface area contributed by atoms with Crippen molar-refractivity contribution in [3.05, 3.63) is 0 Å². The Kier molecular flexibility index (Phi) is 1.55. The van der Waals surface area contributed by atoms with Crippen molar-refractivity contribution in [3.63, 3.8) is 0 Å². The lowest BCUT2D eigenvalue weighted by Gasteiger charge is -1.63. The molecule has 0 aromatic rings. The molecule has 0 spiro atoms. The Morgan fingerprint density at radius 3 is 2.80 bits per heavy atom. The second-order valence-electron chi connectivity index (χ2n) is 0.469. The Labute approximate surface area is 39.0 Å². The first-order valence-corrected chi connectivity index (χ1v) is 1.50. The standard InChI is InChI=1S/C3H4ClN/c4-2-1-3-5/h1-2H2/i2D2. The van der Waals surface area contributed by atoms with E-state index >= 15 is 0 Å². The Morgan fingerprint density at radius 2 is 2.80 bits per heavy atom. The molecule has 0 fully saturated rings. The number of hydrogen-bond acceptors (Lipinski definition) is 1. The maximum Gasteiger partial charge on any atom is 0.0634 e. The predicted molar refractivity (Wildman–Crippen MR) is 20.9 cm³/mol. The predicted octanol–water partition coefficient (Wildman–Crippen LogP) is 1.14. The van der Waals surface area contributed by atoms with E-state index in [2.05, 4.69) is 0 Å². The van der Waals surface area contributed by atoms with Gasteiger partial charge in [-0.05, 0) is 0 Å². The summed E-state index contributed by atoms with van der Waals surface area (Å²) in [5.41, 5.74) is 0. The van der Waals surface area contributed by atoms with E-state index in [9.17, 15) is 0 Å². The average molecular weight is 91.5 g/mol. The Morgan fingerprint density at radius 1 is 2.20 bits per heavy atom. The fraction of sp³-hybridized carbons (Fsp3) is 0.667. The van der Waals surface area contributed by atoms with Crippen molar-refractivity contribution in [1.29, 1.82) is 5.26 Å². The first-order chi connectivity index (χ1) is 3.06. The van der Waals surface area contributed by atoms with Crippen molar-refractivity contribution < 1.29 is 2.74 Å². The van der Waals surface area contributed by atoms with Crippen molar-refractivity contribution in [2.45, 2.75) is 6.42 Å². The highest BCUT2D eigenvalue weighted by Gasteiger charge is 1.67. The van der Waals surface area contributed by atoms with Crippen LogP contribution in [0.2, 0.25) is 0 Å². The van der Waals surface area contributed by atoms with Crippen molar-refractivity contribution in [3.8, 4) is 6.07 Å². The lowest BCUT2D eigenvalue weighted by Crippen LogP contribution is -1.60. The van der Waals surface area contributed by atoms with Crippen LogP contribution in [-0.2, 0) is 0 Å². The summed E-state index contributed by atoms with van der Waals surface area (Å²) in [6.45, 7) is 0. The van der Waals surface area contributed by atoms with Gasteiger partial charge in [-0.25, -0.2) is 0 Å². The summed E-state index contributed by atoms with van der Waals surface area (Å²) in [5, 5.41) is 7.83. The van der Waals surface area contributed by atoms with Crippen LogP contribution in [0.15, 0.2) is 0 Å². The molecule has 5 heavy (non-hydrogen) atoms. The van der Waals surface area contributed by atoms with Crippen molar-refractivity contribution in [2.75, 3.05) is 5.83 Å². The second-order valence-corrected chi connectivity index (χ2v) is 0.736. The highest BCUT2D eigenvalue weighted by Crippen LogP contribution is 1.76. The van der Waals surface area contributed by atoms with E-state index in [4.69, 9.17) is 19.6 Å². The van der Waals surface area contributed by atoms with Crippen LogP contribution in [0.1, 0.15) is 9.16 Å². The molecular formula is C3H4ClN. The summed E-state index contributed by atoms with van der Waals surface area (Å²) in [4.78, 5) is 0. The van der Waals surface area contributed by atoms with E-state index in [-0.39, 0.29) is 6.42 Å². The third-order valence-corrected chi connectivity index (χ3v) is 0.280. The second kappa shape index (κ2) is 3.78. The molecule has 1 nitrogen and oxygen atoms in total. The molecule has 0 saturated carbocycles. The number of hydrogen-bond donors (Lipinski definition) is 0. The zero-order chi connectivity index (χ0) is 5.91. The van der Waals surface area contributed by atoms with Crippen LogP contribution < -0.4 is 0 Å². The highest BCUT2D eigenvalue weighted by molar-refractivity contribution is 6.17. The van der Waals surface area contributed by atoms with Gasteiger partial charge in [0.25, 0.3) is 0 Å². The van der Waals surface area contributed by atoms with Crippen LogP contribution in [-0.4, -0.2) is 5.83 Å². The molecule has 0 N–H and O–H groups in total. The van der Waals surface area contributed by atoms with Gasteiger partial charge in [-0.1, -0.05) is 0 Å². The minimum absolute atomic E-state index is 0.255. The molecule has 0 aromatic heterocycles. The first-order valence-electron chi connectivity index (χ1n) is 2.12. The van der Waals surface area contributed by atoms with Gasteiger partial charge in [-0.3, -0.25) is 0 Å². The summed E-state index contributed by atoms with van der Waals surface area (Å²) >= 11 is 4.94. The largest absolute Gasteiger partial charge is 0.198 e. The van der Waals surface area contributed by atoms with E-state index in [1.165, 1.54) is 0 Å². The van der Waals surface area contributed by atoms with Gasteiger partial charge in [-0.2, -0.15) is 5.26 Å². The molecule has 0 aliphatic carbocycles. The molecule has 28 valence electrons. The van der Waals surface area contributed by atoms with E-state index in [1.54, 1.807) is 6.07 Å². The third-order valence-electron chi connectivity index (χ3n) is 0.146. The smallest absolute Gasteiger partial charge is 0.0634 e. The lowest BCUT2D eigenvalue weighted by atomic mass is 10.6. The molecule has 0 atom stereocenters. The minimum Gasteiger partial charge on any atom is -0.198 e. The topological polar surface area (TPSA) is 23.8 Å². The molecule has 0 rings (SSSR count). The Bertz CT molecular complexity index is 90.1. The fourth-order valence-corrected chi connectivity index (χ4v) is 0.0896. The molecule has 2 heteroatoms. The number of nitriles is 1. The zero-order valence-electron chi connectivity index (χ0n) is 4.53. The zero-order valence-corrected chi connectivity index (χ0v) is 3.29. The number of rotatable bonds is 1. The minimum atomic E-state index is -1.84. The fourth-order valence-electron chi connectivity index (χ4n) is 0.0299. The van der Waals surface area contributed by atoms with E-state index < -0.39 is 5.83 Å². The van der Waals surface area contributed by atoms with Crippen LogP contribution in [0.3, 0.4) is 0 Å². The van der Waals surface area contributed by atoms with Gasteiger partial charge in [-0.15, -0.1) is 11.6 Å². The van der Waals surface area contributed by atoms with E-state index in [0.717, 1.165) is 0 Å². The molecule has 0 aliphatic heterocycles. The van der Waals surface area contributed by atoms with Crippen LogP contribution in [0, 0.1) is 11.3 Å². The molecule has 0 radical (unpaired) electrons. The number of alkyl halides is 1. The van der Waals surface area contributed by atoms with Gasteiger partial charge in [0, 0.05) is 15.0 Å². The summed E-state index contributed by atoms with van der Waals surface area (Å²) in [5.74, 6) is -1.84. The van der Waals surface area contributed by atoms with Crippen LogP contribution in [0.4, 0.5) is 0 Å². The summed E-state index contributed by atoms with van der Waals surface area (Å²) < 4.78 is 13.1. The molecule has 0 amide bonds. The van der Waals surface area contributed by atoms with Crippen molar-refractivity contribution >= 4 is 11.6 Å². The molecule has 0 saturated heterocycles. The first kappa shape index (κ1) is 2.04. The molecule has 0 unspecified atom stereocenters. The van der Waals surface area contributed by atoms with Crippen LogP contribution in [0.5, 0.6) is 0 Å². The normalized spacial score (nSPS) is 15.2. The summed E-state index contributed by atoms with van der Waals surface area (Å²) in [6.07, 6.45) is -0.255. The van der Waals surface area contributed by atoms with Gasteiger partial charge < -0.3 is 0 Å². The van der Waals surface area contributed by atoms with Gasteiger partial charge in [0.2, 0.25) is 0 Å². The SMILES string of the molecule is [2H]C([2H])(Cl)CC#N. The quantitative estimate of drug-likeness (QED) is 0.444. The lowest BCUT2D eigenvalue weighted by molar-refractivity contribution is 1.23. The Balaban J connectivity index is 3.40.